The van der Waals surface area contributed by atoms with Crippen molar-refractivity contribution in [1.82, 2.24) is 14.9 Å². The molecule has 0 aliphatic carbocycles. The summed E-state index contributed by atoms with van der Waals surface area (Å²) in [6.07, 6.45) is 2.54. The van der Waals surface area contributed by atoms with Gasteiger partial charge < -0.3 is 0 Å². The van der Waals surface area contributed by atoms with Gasteiger partial charge in [0.2, 0.25) is 0 Å². The van der Waals surface area contributed by atoms with Crippen LogP contribution in [-0.2, 0) is 6.54 Å². The highest BCUT2D eigenvalue weighted by Gasteiger charge is 2.15. The van der Waals surface area contributed by atoms with Crippen LogP contribution in [0.15, 0.2) is 29.1 Å². The van der Waals surface area contributed by atoms with E-state index >= 15 is 0 Å². The molecule has 1 aliphatic rings. The van der Waals surface area contributed by atoms with E-state index in [1.165, 1.54) is 35.5 Å². The van der Waals surface area contributed by atoms with E-state index in [9.17, 15) is 4.79 Å². The highest BCUT2D eigenvalue weighted by Crippen LogP contribution is 2.22. The van der Waals surface area contributed by atoms with Crippen molar-refractivity contribution in [3.8, 4) is 0 Å². The van der Waals surface area contributed by atoms with Gasteiger partial charge in [-0.05, 0) is 44.1 Å². The first kappa shape index (κ1) is 14.7. The van der Waals surface area contributed by atoms with Crippen LogP contribution in [0.3, 0.4) is 0 Å². The molecule has 1 amide bonds. The van der Waals surface area contributed by atoms with Gasteiger partial charge in [0.1, 0.15) is 0 Å². The molecule has 1 saturated heterocycles. The second-order valence-corrected chi connectivity index (χ2v) is 7.36. The number of anilines is 1. The highest BCUT2D eigenvalue weighted by molar-refractivity contribution is 7.16. The first-order valence-electron chi connectivity index (χ1n) is 7.59. The number of carbonyl (C=O) groups excluding carboxylic acids is 1. The molecule has 0 bridgehead atoms. The second kappa shape index (κ2) is 6.35. The number of aromatic nitrogens is 2. The summed E-state index contributed by atoms with van der Waals surface area (Å²) in [6.45, 7) is 3.17. The lowest BCUT2D eigenvalue weighted by molar-refractivity contribution is 0.102. The molecule has 1 N–H and O–H groups in total. The molecule has 4 rings (SSSR count). The molecule has 118 valence electrons. The van der Waals surface area contributed by atoms with E-state index in [1.807, 2.05) is 17.5 Å². The maximum absolute atomic E-state index is 12.4. The van der Waals surface area contributed by atoms with Crippen LogP contribution >= 0.6 is 22.7 Å². The van der Waals surface area contributed by atoms with Gasteiger partial charge in [-0.2, -0.15) is 0 Å². The fourth-order valence-corrected chi connectivity index (χ4v) is 4.19. The minimum absolute atomic E-state index is 0.123. The van der Waals surface area contributed by atoms with Gasteiger partial charge in [-0.15, -0.1) is 22.7 Å². The highest BCUT2D eigenvalue weighted by atomic mass is 32.1. The van der Waals surface area contributed by atoms with Gasteiger partial charge in [0.25, 0.3) is 5.91 Å². The molecule has 23 heavy (non-hydrogen) atoms. The van der Waals surface area contributed by atoms with Crippen molar-refractivity contribution in [2.75, 3.05) is 18.4 Å². The number of hydrogen-bond donors (Lipinski definition) is 1. The lowest BCUT2D eigenvalue weighted by Gasteiger charge is -2.11. The Kier molecular flexibility index (Phi) is 4.07. The molecule has 0 radical (unpaired) electrons. The van der Waals surface area contributed by atoms with Gasteiger partial charge in [0.15, 0.2) is 5.13 Å². The molecule has 1 aliphatic heterocycles. The number of nitrogens with one attached hydrogen (secondary N) is 1. The average Bonchev–Trinajstić information content (AvgIpc) is 3.28. The molecule has 0 unspecified atom stereocenters. The Morgan fingerprint density at radius 3 is 3.00 bits per heavy atom. The molecule has 0 atom stereocenters. The summed E-state index contributed by atoms with van der Waals surface area (Å²) in [7, 11) is 0. The summed E-state index contributed by atoms with van der Waals surface area (Å²) < 4.78 is 1.02. The Labute approximate surface area is 142 Å². The predicted molar refractivity (Wildman–Crippen MR) is 94.2 cm³/mol. The Hall–Kier alpha value is -1.83. The van der Waals surface area contributed by atoms with Crippen LogP contribution in [0.2, 0.25) is 0 Å². The predicted octanol–water partition coefficient (Wildman–Crippen LogP) is 3.60. The third-order valence-corrected chi connectivity index (χ3v) is 5.55. The van der Waals surface area contributed by atoms with E-state index in [4.69, 9.17) is 0 Å². The van der Waals surface area contributed by atoms with Gasteiger partial charge in [-0.1, -0.05) is 0 Å². The Bertz CT molecular complexity index is 835. The lowest BCUT2D eigenvalue weighted by Crippen LogP contribution is -2.18. The van der Waals surface area contributed by atoms with Crippen molar-refractivity contribution in [1.29, 1.82) is 0 Å². The number of hydrogen-bond acceptors (Lipinski definition) is 6. The van der Waals surface area contributed by atoms with Crippen LogP contribution in [0.5, 0.6) is 0 Å². The van der Waals surface area contributed by atoms with Crippen molar-refractivity contribution >= 4 is 43.9 Å². The molecule has 7 heteroatoms. The first-order chi connectivity index (χ1) is 11.3. The number of carbonyl (C=O) groups is 1. The lowest BCUT2D eigenvalue weighted by atomic mass is 10.2. The van der Waals surface area contributed by atoms with Crippen molar-refractivity contribution < 1.29 is 4.79 Å². The Morgan fingerprint density at radius 1 is 1.26 bits per heavy atom. The molecular formula is C16H16N4OS2. The molecule has 1 aromatic carbocycles. The number of amides is 1. The van der Waals surface area contributed by atoms with E-state index < -0.39 is 0 Å². The van der Waals surface area contributed by atoms with Crippen LogP contribution in [-0.4, -0.2) is 33.9 Å². The second-order valence-electron chi connectivity index (χ2n) is 5.62. The average molecular weight is 344 g/mol. The third-order valence-electron chi connectivity index (χ3n) is 3.95. The van der Waals surface area contributed by atoms with E-state index in [0.717, 1.165) is 35.5 Å². The van der Waals surface area contributed by atoms with Crippen LogP contribution in [0.1, 0.15) is 28.9 Å². The Balaban J connectivity index is 1.44. The number of rotatable bonds is 4. The summed E-state index contributed by atoms with van der Waals surface area (Å²) >= 11 is 3.02. The van der Waals surface area contributed by atoms with Crippen molar-refractivity contribution in [2.45, 2.75) is 19.4 Å². The van der Waals surface area contributed by atoms with E-state index in [0.29, 0.717) is 10.7 Å². The minimum atomic E-state index is -0.123. The van der Waals surface area contributed by atoms with Crippen LogP contribution in [0.25, 0.3) is 10.2 Å². The topological polar surface area (TPSA) is 58.1 Å². The molecular weight excluding hydrogens is 328 g/mol. The first-order valence-corrected chi connectivity index (χ1v) is 9.35. The number of likely N-dealkylation sites (tertiary alicyclic amines) is 1. The quantitative estimate of drug-likeness (QED) is 0.786. The molecule has 1 fully saturated rings. The zero-order chi connectivity index (χ0) is 15.6. The maximum atomic E-state index is 12.4. The Morgan fingerprint density at radius 2 is 2.13 bits per heavy atom. The molecule has 3 heterocycles. The van der Waals surface area contributed by atoms with Gasteiger partial charge in [0.05, 0.1) is 21.4 Å². The largest absolute Gasteiger partial charge is 0.298 e. The van der Waals surface area contributed by atoms with Crippen molar-refractivity contribution in [2.24, 2.45) is 0 Å². The van der Waals surface area contributed by atoms with Gasteiger partial charge in [-0.25, -0.2) is 9.97 Å². The zero-order valence-electron chi connectivity index (χ0n) is 12.5. The summed E-state index contributed by atoms with van der Waals surface area (Å²) in [4.78, 5) is 23.5. The monoisotopic (exact) mass is 344 g/mol. The summed E-state index contributed by atoms with van der Waals surface area (Å²) in [5.41, 5.74) is 4.38. The maximum Gasteiger partial charge on any atom is 0.257 e. The van der Waals surface area contributed by atoms with Crippen molar-refractivity contribution in [3.63, 3.8) is 0 Å². The number of nitrogens with zero attached hydrogens (tertiary/aromatic N) is 3. The fourth-order valence-electron chi connectivity index (χ4n) is 2.77. The van der Waals surface area contributed by atoms with Gasteiger partial charge in [0, 0.05) is 17.5 Å². The van der Waals surface area contributed by atoms with Crippen LogP contribution < -0.4 is 5.32 Å². The molecule has 5 nitrogen and oxygen atoms in total. The van der Waals surface area contributed by atoms with Crippen molar-refractivity contribution in [3.05, 3.63) is 40.3 Å². The minimum Gasteiger partial charge on any atom is -0.298 e. The molecule has 0 saturated carbocycles. The third kappa shape index (κ3) is 3.26. The van der Waals surface area contributed by atoms with Gasteiger partial charge in [-0.3, -0.25) is 15.0 Å². The molecule has 2 aromatic heterocycles. The number of thiazole rings is 2. The smallest absolute Gasteiger partial charge is 0.257 e. The van der Waals surface area contributed by atoms with E-state index in [-0.39, 0.29) is 5.91 Å². The van der Waals surface area contributed by atoms with Gasteiger partial charge >= 0.3 is 0 Å². The standard InChI is InChI=1S/C16H16N4OS2/c21-15(11-3-4-13-14(7-11)23-10-17-13)19-16-18-12(9-22-16)8-20-5-1-2-6-20/h3-4,7,9-10H,1-2,5-6,8H2,(H,18,19,21). The fraction of sp³-hybridized carbons (Fsp3) is 0.312. The normalized spacial score (nSPS) is 15.3. The molecule has 3 aromatic rings. The van der Waals surface area contributed by atoms with Crippen LogP contribution in [0, 0.1) is 0 Å². The summed E-state index contributed by atoms with van der Waals surface area (Å²) in [6, 6.07) is 5.55. The number of fused-ring (bicyclic) bond motifs is 1. The summed E-state index contributed by atoms with van der Waals surface area (Å²) in [5.74, 6) is -0.123. The molecule has 0 spiro atoms. The van der Waals surface area contributed by atoms with E-state index in [2.05, 4.69) is 20.2 Å². The number of benzene rings is 1. The van der Waals surface area contributed by atoms with E-state index in [1.54, 1.807) is 11.6 Å². The van der Waals surface area contributed by atoms with Crippen LogP contribution in [0.4, 0.5) is 5.13 Å². The SMILES string of the molecule is O=C(Nc1nc(CN2CCCC2)cs1)c1ccc2ncsc2c1. The summed E-state index contributed by atoms with van der Waals surface area (Å²) in [5, 5.41) is 5.58. The zero-order valence-corrected chi connectivity index (χ0v) is 14.1.